The van der Waals surface area contributed by atoms with Crippen LogP contribution in [0.2, 0.25) is 0 Å². The Hall–Kier alpha value is -1.92. The first-order valence-electron chi connectivity index (χ1n) is 9.13. The molecule has 0 saturated heterocycles. The van der Waals surface area contributed by atoms with Crippen LogP contribution in [-0.2, 0) is 0 Å². The molecule has 0 aliphatic rings. The molecule has 6 nitrogen and oxygen atoms in total. The summed E-state index contributed by atoms with van der Waals surface area (Å²) < 4.78 is 318. The monoisotopic (exact) mass is 726 g/mol. The van der Waals surface area contributed by atoms with Crippen molar-refractivity contribution in [2.24, 2.45) is 0 Å². The third kappa shape index (κ3) is 4.62. The van der Waals surface area contributed by atoms with Crippen molar-refractivity contribution in [2.45, 2.75) is 83.0 Å². The maximum absolute atomic E-state index is 14.0. The summed E-state index contributed by atoms with van der Waals surface area (Å²) in [5, 5.41) is 49.9. The van der Waals surface area contributed by atoms with Gasteiger partial charge in [0.25, 0.3) is 0 Å². The van der Waals surface area contributed by atoms with E-state index in [0.29, 0.717) is 0 Å². The average Bonchev–Trinajstić information content (AvgIpc) is 2.75. The van der Waals surface area contributed by atoms with Gasteiger partial charge in [0, 0.05) is 0 Å². The topological polar surface area (TPSA) is 121 Å². The summed E-state index contributed by atoms with van der Waals surface area (Å²) >= 11 is 0. The van der Waals surface area contributed by atoms with Crippen molar-refractivity contribution in [2.75, 3.05) is 0 Å². The van der Waals surface area contributed by atoms with E-state index in [4.69, 9.17) is 30.6 Å². The highest BCUT2D eigenvalue weighted by molar-refractivity contribution is 5.20. The SMILES string of the molecule is OC(F)(F)[C@](O)(F)[C@](O)(F)[C@@](O)(F)[C@](O)(F)C(O)(F)C(F)(F)C(F)(F)C(F)(F)C(F)(F)C(F)(F)C(F)(F)C(F)(F)C(F)(F)F. The molecule has 0 fully saturated rings. The van der Waals surface area contributed by atoms with Crippen molar-refractivity contribution < 1.29 is 136 Å². The van der Waals surface area contributed by atoms with Crippen LogP contribution in [0.15, 0.2) is 0 Å². The lowest BCUT2D eigenvalue weighted by atomic mass is 9.81. The first-order valence-corrected chi connectivity index (χ1v) is 9.13. The Morgan fingerprint density at radius 2 is 0.386 bits per heavy atom. The highest BCUT2D eigenvalue weighted by Gasteiger charge is 2.99. The third-order valence-electron chi connectivity index (χ3n) is 5.29. The van der Waals surface area contributed by atoms with Crippen LogP contribution < -0.4 is 0 Å². The molecule has 0 aromatic heterocycles. The fraction of sp³-hybridized carbons (Fsp3) is 1.00. The molecule has 6 N–H and O–H groups in total. The van der Waals surface area contributed by atoms with Crippen molar-refractivity contribution in [3.05, 3.63) is 0 Å². The molecule has 44 heavy (non-hydrogen) atoms. The first-order chi connectivity index (χ1) is 18.2. The van der Waals surface area contributed by atoms with Gasteiger partial charge in [0.1, 0.15) is 0 Å². The molecule has 0 aromatic carbocycles. The van der Waals surface area contributed by atoms with Crippen molar-refractivity contribution in [3.8, 4) is 0 Å². The van der Waals surface area contributed by atoms with Gasteiger partial charge in [-0.15, -0.1) is 0 Å². The molecule has 0 spiro atoms. The van der Waals surface area contributed by atoms with Crippen LogP contribution in [0.25, 0.3) is 0 Å². The van der Waals surface area contributed by atoms with Gasteiger partial charge >= 0.3 is 83.0 Å². The summed E-state index contributed by atoms with van der Waals surface area (Å²) in [6.45, 7) is 0. The van der Waals surface area contributed by atoms with E-state index in [9.17, 15) is 105 Å². The number of hydrogen-bond donors (Lipinski definition) is 6. The lowest BCUT2D eigenvalue weighted by Crippen LogP contribution is -2.82. The first kappa shape index (κ1) is 42.1. The second kappa shape index (κ2) is 9.80. The second-order valence-electron chi connectivity index (χ2n) is 8.17. The van der Waals surface area contributed by atoms with Crippen LogP contribution in [0, 0.1) is 0 Å². The van der Waals surface area contributed by atoms with Crippen LogP contribution in [0.3, 0.4) is 0 Å². The Kier molecular flexibility index (Phi) is 9.37. The van der Waals surface area contributed by atoms with Gasteiger partial charge in [0.05, 0.1) is 0 Å². The smallest absolute Gasteiger partial charge is 0.353 e. The molecule has 0 aromatic rings. The summed E-state index contributed by atoms with van der Waals surface area (Å²) in [6, 6.07) is 0. The fourth-order valence-electron chi connectivity index (χ4n) is 2.44. The Balaban J connectivity index is 7.52. The molecular weight excluding hydrogens is 720 g/mol. The largest absolute Gasteiger partial charge is 0.460 e. The maximum Gasteiger partial charge on any atom is 0.460 e. The zero-order valence-electron chi connectivity index (χ0n) is 18.8. The van der Waals surface area contributed by atoms with E-state index in [0.717, 1.165) is 0 Å². The molecule has 0 bridgehead atoms. The van der Waals surface area contributed by atoms with Gasteiger partial charge in [-0.3, -0.25) is 0 Å². The highest BCUT2D eigenvalue weighted by atomic mass is 19.4. The van der Waals surface area contributed by atoms with E-state index in [1.807, 2.05) is 0 Å². The van der Waals surface area contributed by atoms with E-state index < -0.39 is 83.0 Å². The van der Waals surface area contributed by atoms with Gasteiger partial charge in [0.2, 0.25) is 0 Å². The zero-order chi connectivity index (χ0) is 37.0. The minimum Gasteiger partial charge on any atom is -0.353 e. The zero-order valence-corrected chi connectivity index (χ0v) is 18.8. The molecule has 30 heteroatoms. The standard InChI is InChI=1S/C14H6F24O6/c15-1(16,3(19,20)5(23,24)7(27,28)13(34,35)36)2(17,18)4(21,22)6(25,26)8(29,39)9(30,40)10(31,41)11(32,42)12(33,43)14(37,38)44/h39-44H/t8?,9-,10+,11-,12-/m0/s1. The number of rotatable bonds is 12. The molecule has 0 radical (unpaired) electrons. The highest BCUT2D eigenvalue weighted by Crippen LogP contribution is 2.66. The van der Waals surface area contributed by atoms with Crippen LogP contribution in [0.1, 0.15) is 0 Å². The van der Waals surface area contributed by atoms with E-state index in [-0.39, 0.29) is 0 Å². The Labute approximate surface area is 220 Å². The van der Waals surface area contributed by atoms with Crippen molar-refractivity contribution in [1.29, 1.82) is 0 Å². The molecule has 0 amide bonds. The van der Waals surface area contributed by atoms with Gasteiger partial charge in [-0.1, -0.05) is 0 Å². The second-order valence-corrected chi connectivity index (χ2v) is 8.17. The predicted octanol–water partition coefficient (Wildman–Crippen LogP) is 3.87. The van der Waals surface area contributed by atoms with Crippen LogP contribution >= 0.6 is 0 Å². The Morgan fingerprint density at radius 1 is 0.205 bits per heavy atom. The number of aliphatic hydroxyl groups is 6. The Bertz CT molecular complexity index is 984. The van der Waals surface area contributed by atoms with E-state index in [1.54, 1.807) is 0 Å². The van der Waals surface area contributed by atoms with Gasteiger partial charge in [-0.05, 0) is 0 Å². The molecule has 0 saturated carbocycles. The predicted molar refractivity (Wildman–Crippen MR) is 78.1 cm³/mol. The quantitative estimate of drug-likeness (QED) is 0.170. The molecule has 0 rings (SSSR count). The van der Waals surface area contributed by atoms with Crippen LogP contribution in [0.5, 0.6) is 0 Å². The lowest BCUT2D eigenvalue weighted by Gasteiger charge is -2.49. The number of alkyl halides is 24. The summed E-state index contributed by atoms with van der Waals surface area (Å²) in [6.07, 6.45) is -15.5. The molecule has 1 unspecified atom stereocenters. The van der Waals surface area contributed by atoms with E-state index >= 15 is 0 Å². The number of halogens is 24. The molecule has 0 aliphatic carbocycles. The average molecular weight is 726 g/mol. The molecule has 5 atom stereocenters. The minimum atomic E-state index is -9.66. The summed E-state index contributed by atoms with van der Waals surface area (Å²) in [7, 11) is 0. The van der Waals surface area contributed by atoms with E-state index in [1.165, 1.54) is 0 Å². The van der Waals surface area contributed by atoms with Crippen molar-refractivity contribution >= 4 is 0 Å². The fourth-order valence-corrected chi connectivity index (χ4v) is 2.44. The van der Waals surface area contributed by atoms with Gasteiger partial charge in [-0.2, -0.15) is 105 Å². The summed E-state index contributed by atoms with van der Waals surface area (Å²) in [5.41, 5.74) is 0. The van der Waals surface area contributed by atoms with Crippen molar-refractivity contribution in [1.82, 2.24) is 0 Å². The summed E-state index contributed by atoms with van der Waals surface area (Å²) in [5.74, 6) is -107. The van der Waals surface area contributed by atoms with Gasteiger partial charge in [0.15, 0.2) is 0 Å². The molecular formula is C14H6F24O6. The third-order valence-corrected chi connectivity index (χ3v) is 5.29. The van der Waals surface area contributed by atoms with Crippen LogP contribution in [0.4, 0.5) is 105 Å². The van der Waals surface area contributed by atoms with Gasteiger partial charge < -0.3 is 30.6 Å². The van der Waals surface area contributed by atoms with E-state index in [2.05, 4.69) is 0 Å². The van der Waals surface area contributed by atoms with Crippen LogP contribution in [-0.4, -0.2) is 114 Å². The Morgan fingerprint density at radius 3 is 0.614 bits per heavy atom. The lowest BCUT2D eigenvalue weighted by molar-refractivity contribution is -0.533. The molecule has 0 heterocycles. The number of hydrogen-bond acceptors (Lipinski definition) is 6. The normalized spacial score (nSPS) is 22.8. The maximum atomic E-state index is 14.0. The summed E-state index contributed by atoms with van der Waals surface area (Å²) in [4.78, 5) is 0. The van der Waals surface area contributed by atoms with Crippen molar-refractivity contribution in [3.63, 3.8) is 0 Å². The molecule has 266 valence electrons. The molecule has 0 aliphatic heterocycles. The minimum absolute atomic E-state index is 7.28. The van der Waals surface area contributed by atoms with Gasteiger partial charge in [-0.25, -0.2) is 0 Å².